The van der Waals surface area contributed by atoms with Crippen LogP contribution in [0.1, 0.15) is 79.6 Å². The maximum atomic E-state index is 6.39. The monoisotopic (exact) mass is 269 g/mol. The van der Waals surface area contributed by atoms with E-state index in [0.717, 1.165) is 19.1 Å². The quantitative estimate of drug-likeness (QED) is 0.715. The zero-order chi connectivity index (χ0) is 14.4. The molecule has 2 heteroatoms. The van der Waals surface area contributed by atoms with Crippen molar-refractivity contribution in [1.82, 2.24) is 5.32 Å². The molecule has 19 heavy (non-hydrogen) atoms. The summed E-state index contributed by atoms with van der Waals surface area (Å²) in [7, 11) is 0. The fraction of sp³-hybridized carbons (Fsp3) is 1.00. The van der Waals surface area contributed by atoms with Crippen LogP contribution >= 0.6 is 0 Å². The van der Waals surface area contributed by atoms with Crippen molar-refractivity contribution in [1.29, 1.82) is 0 Å². The first-order valence-electron chi connectivity index (χ1n) is 8.22. The number of ether oxygens (including phenoxy) is 1. The van der Waals surface area contributed by atoms with Gasteiger partial charge in [-0.25, -0.2) is 0 Å². The molecule has 0 bridgehead atoms. The van der Waals surface area contributed by atoms with E-state index in [4.69, 9.17) is 4.74 Å². The van der Waals surface area contributed by atoms with Gasteiger partial charge in [0.25, 0.3) is 0 Å². The highest BCUT2D eigenvalue weighted by atomic mass is 16.5. The van der Waals surface area contributed by atoms with E-state index < -0.39 is 0 Å². The maximum Gasteiger partial charge on any atom is 0.0806 e. The van der Waals surface area contributed by atoms with Gasteiger partial charge in [0.05, 0.1) is 5.60 Å². The van der Waals surface area contributed by atoms with E-state index in [1.54, 1.807) is 0 Å². The van der Waals surface area contributed by atoms with E-state index in [1.807, 2.05) is 0 Å². The Bertz CT molecular complexity index is 234. The normalized spacial score (nSPS) is 20.5. The van der Waals surface area contributed by atoms with Crippen LogP contribution in [-0.2, 0) is 4.74 Å². The van der Waals surface area contributed by atoms with E-state index in [2.05, 4.69) is 39.9 Å². The Labute approximate surface area is 120 Å². The molecule has 0 aromatic heterocycles. The molecule has 1 aliphatic rings. The van der Waals surface area contributed by atoms with Gasteiger partial charge >= 0.3 is 0 Å². The molecular weight excluding hydrogens is 234 g/mol. The fourth-order valence-electron chi connectivity index (χ4n) is 2.68. The molecule has 1 aliphatic carbocycles. The highest BCUT2D eigenvalue weighted by Crippen LogP contribution is 2.31. The van der Waals surface area contributed by atoms with Crippen LogP contribution in [0.25, 0.3) is 0 Å². The van der Waals surface area contributed by atoms with E-state index in [9.17, 15) is 0 Å². The molecule has 0 unspecified atom stereocenters. The first-order valence-corrected chi connectivity index (χ1v) is 8.22. The van der Waals surface area contributed by atoms with Crippen molar-refractivity contribution in [2.24, 2.45) is 5.92 Å². The lowest BCUT2D eigenvalue weighted by Gasteiger charge is -2.36. The van der Waals surface area contributed by atoms with Gasteiger partial charge in [-0.05, 0) is 46.0 Å². The molecule has 1 saturated carbocycles. The van der Waals surface area contributed by atoms with Gasteiger partial charge in [0.2, 0.25) is 0 Å². The molecule has 0 aromatic rings. The second-order valence-corrected chi connectivity index (χ2v) is 7.73. The molecule has 114 valence electrons. The molecule has 0 aliphatic heterocycles. The van der Waals surface area contributed by atoms with Crippen LogP contribution < -0.4 is 5.32 Å². The highest BCUT2D eigenvalue weighted by molar-refractivity contribution is 4.88. The molecule has 0 aromatic carbocycles. The summed E-state index contributed by atoms with van der Waals surface area (Å²) >= 11 is 0. The minimum atomic E-state index is 0.0959. The van der Waals surface area contributed by atoms with Gasteiger partial charge in [-0.15, -0.1) is 0 Å². The lowest BCUT2D eigenvalue weighted by molar-refractivity contribution is -0.0614. The minimum Gasteiger partial charge on any atom is -0.374 e. The van der Waals surface area contributed by atoms with Gasteiger partial charge in [0.1, 0.15) is 0 Å². The molecule has 0 heterocycles. The Kier molecular flexibility index (Phi) is 6.82. The van der Waals surface area contributed by atoms with Gasteiger partial charge in [-0.3, -0.25) is 0 Å². The van der Waals surface area contributed by atoms with Crippen molar-refractivity contribution in [3.05, 3.63) is 0 Å². The summed E-state index contributed by atoms with van der Waals surface area (Å²) in [5.41, 5.74) is 0.277. The number of nitrogens with one attached hydrogen (secondary N) is 1. The molecule has 0 spiro atoms. The Hall–Kier alpha value is -0.0800. The van der Waals surface area contributed by atoms with Crippen LogP contribution in [0.15, 0.2) is 0 Å². The summed E-state index contributed by atoms with van der Waals surface area (Å²) < 4.78 is 6.39. The van der Waals surface area contributed by atoms with Crippen LogP contribution in [0.4, 0.5) is 0 Å². The molecule has 0 radical (unpaired) electrons. The highest BCUT2D eigenvalue weighted by Gasteiger charge is 2.32. The Morgan fingerprint density at radius 1 is 1.05 bits per heavy atom. The molecule has 1 fully saturated rings. The summed E-state index contributed by atoms with van der Waals surface area (Å²) in [6.07, 6.45) is 9.05. The summed E-state index contributed by atoms with van der Waals surface area (Å²) in [6, 6.07) is 0. The van der Waals surface area contributed by atoms with Crippen molar-refractivity contribution in [3.63, 3.8) is 0 Å². The van der Waals surface area contributed by atoms with Gasteiger partial charge in [0, 0.05) is 18.7 Å². The number of hydrogen-bond acceptors (Lipinski definition) is 2. The summed E-state index contributed by atoms with van der Waals surface area (Å²) in [4.78, 5) is 0. The maximum absolute atomic E-state index is 6.39. The second-order valence-electron chi connectivity index (χ2n) is 7.73. The van der Waals surface area contributed by atoms with Gasteiger partial charge in [0.15, 0.2) is 0 Å². The molecule has 2 nitrogen and oxygen atoms in total. The minimum absolute atomic E-state index is 0.0959. The van der Waals surface area contributed by atoms with Crippen LogP contribution in [0.3, 0.4) is 0 Å². The third-order valence-corrected chi connectivity index (χ3v) is 4.06. The van der Waals surface area contributed by atoms with E-state index in [-0.39, 0.29) is 11.1 Å². The first kappa shape index (κ1) is 17.0. The van der Waals surface area contributed by atoms with Crippen LogP contribution in [-0.4, -0.2) is 24.3 Å². The predicted octanol–water partition coefficient (Wildman–Crippen LogP) is 4.53. The lowest BCUT2D eigenvalue weighted by atomic mass is 9.92. The third kappa shape index (κ3) is 7.31. The molecular formula is C17H35NO. The van der Waals surface area contributed by atoms with Crippen molar-refractivity contribution in [2.45, 2.75) is 90.7 Å². The lowest BCUT2D eigenvalue weighted by Crippen LogP contribution is -2.49. The zero-order valence-corrected chi connectivity index (χ0v) is 13.8. The van der Waals surface area contributed by atoms with Crippen molar-refractivity contribution in [3.8, 4) is 0 Å². The zero-order valence-electron chi connectivity index (χ0n) is 13.8. The van der Waals surface area contributed by atoms with Crippen LogP contribution in [0, 0.1) is 5.92 Å². The Morgan fingerprint density at radius 2 is 1.63 bits per heavy atom. The van der Waals surface area contributed by atoms with Crippen LogP contribution in [0.5, 0.6) is 0 Å². The van der Waals surface area contributed by atoms with E-state index in [0.29, 0.717) is 0 Å². The summed E-state index contributed by atoms with van der Waals surface area (Å²) in [6.45, 7) is 13.2. The molecule has 1 N–H and O–H groups in total. The predicted molar refractivity (Wildman–Crippen MR) is 83.6 cm³/mol. The molecule has 0 amide bonds. The van der Waals surface area contributed by atoms with E-state index >= 15 is 0 Å². The summed E-state index contributed by atoms with van der Waals surface area (Å²) in [5.74, 6) is 0.735. The summed E-state index contributed by atoms with van der Waals surface area (Å²) in [5, 5.41) is 3.67. The van der Waals surface area contributed by atoms with Crippen molar-refractivity contribution >= 4 is 0 Å². The molecule has 0 saturated heterocycles. The average Bonchev–Trinajstić information content (AvgIpc) is 2.52. The van der Waals surface area contributed by atoms with Crippen molar-refractivity contribution < 1.29 is 4.74 Å². The SMILES string of the molecule is CC(C)CCOC1(CNC(C)(C)C)CCCCCC1. The Morgan fingerprint density at radius 3 is 2.11 bits per heavy atom. The smallest absolute Gasteiger partial charge is 0.0806 e. The Balaban J connectivity index is 2.55. The molecule has 0 atom stereocenters. The average molecular weight is 269 g/mol. The number of hydrogen-bond donors (Lipinski definition) is 1. The second kappa shape index (κ2) is 7.64. The topological polar surface area (TPSA) is 21.3 Å². The van der Waals surface area contributed by atoms with Crippen LogP contribution in [0.2, 0.25) is 0 Å². The van der Waals surface area contributed by atoms with Gasteiger partial charge in [-0.1, -0.05) is 39.5 Å². The first-order chi connectivity index (χ1) is 8.83. The van der Waals surface area contributed by atoms with E-state index in [1.165, 1.54) is 44.9 Å². The van der Waals surface area contributed by atoms with Gasteiger partial charge < -0.3 is 10.1 Å². The van der Waals surface area contributed by atoms with Crippen molar-refractivity contribution in [2.75, 3.05) is 13.2 Å². The third-order valence-electron chi connectivity index (χ3n) is 4.06. The standard InChI is InChI=1S/C17H35NO/c1-15(2)10-13-19-17(14-18-16(3,4)5)11-8-6-7-9-12-17/h15,18H,6-14H2,1-5H3. The number of rotatable bonds is 6. The largest absolute Gasteiger partial charge is 0.374 e. The molecule has 1 rings (SSSR count). The fourth-order valence-corrected chi connectivity index (χ4v) is 2.68. The van der Waals surface area contributed by atoms with Gasteiger partial charge in [-0.2, -0.15) is 0 Å².